The van der Waals surface area contributed by atoms with Gasteiger partial charge in [0.25, 0.3) is 0 Å². The van der Waals surface area contributed by atoms with Crippen LogP contribution in [0, 0.1) is 24.7 Å². The van der Waals surface area contributed by atoms with Crippen LogP contribution >= 0.6 is 0 Å². The third kappa shape index (κ3) is 4.32. The van der Waals surface area contributed by atoms with Crippen LogP contribution in [0.1, 0.15) is 56.1 Å². The molecule has 6 nitrogen and oxygen atoms in total. The Bertz CT molecular complexity index is 1220. The van der Waals surface area contributed by atoms with Gasteiger partial charge in [0.2, 0.25) is 12.7 Å². The summed E-state index contributed by atoms with van der Waals surface area (Å²) in [7, 11) is -3.58. The molecule has 3 aliphatic carbocycles. The summed E-state index contributed by atoms with van der Waals surface area (Å²) in [5.41, 5.74) is 2.02. The van der Waals surface area contributed by atoms with Gasteiger partial charge in [-0.25, -0.2) is 8.42 Å². The Morgan fingerprint density at radius 1 is 0.943 bits per heavy atom. The smallest absolute Gasteiger partial charge is 0.231 e. The van der Waals surface area contributed by atoms with E-state index in [2.05, 4.69) is 0 Å². The van der Waals surface area contributed by atoms with Crippen molar-refractivity contribution in [3.05, 3.63) is 53.6 Å². The van der Waals surface area contributed by atoms with E-state index in [-0.39, 0.29) is 18.7 Å². The highest BCUT2D eigenvalue weighted by molar-refractivity contribution is 7.92. The molecule has 3 saturated carbocycles. The van der Waals surface area contributed by atoms with Gasteiger partial charge in [-0.3, -0.25) is 4.79 Å². The molecule has 7 heteroatoms. The normalized spacial score (nSPS) is 29.0. The molecular weight excluding hydrogens is 462 g/mol. The van der Waals surface area contributed by atoms with Crippen LogP contribution in [0.4, 0.5) is 0 Å². The van der Waals surface area contributed by atoms with Crippen molar-refractivity contribution in [2.45, 2.75) is 74.6 Å². The molecule has 0 radical (unpaired) electrons. The van der Waals surface area contributed by atoms with Gasteiger partial charge in [0.1, 0.15) is 0 Å². The van der Waals surface area contributed by atoms with Crippen molar-refractivity contribution in [3.8, 4) is 11.5 Å². The van der Waals surface area contributed by atoms with E-state index >= 15 is 0 Å². The molecule has 0 spiro atoms. The lowest BCUT2D eigenvalue weighted by atomic mass is 9.92. The lowest BCUT2D eigenvalue weighted by molar-refractivity contribution is -0.139. The second-order valence-corrected chi connectivity index (χ2v) is 13.0. The number of nitrogens with zero attached hydrogens (tertiary/aromatic N) is 1. The molecule has 3 unspecified atom stereocenters. The van der Waals surface area contributed by atoms with Crippen molar-refractivity contribution >= 4 is 15.7 Å². The molecule has 0 aromatic heterocycles. The zero-order valence-corrected chi connectivity index (χ0v) is 21.0. The fourth-order valence-electron chi connectivity index (χ4n) is 6.43. The van der Waals surface area contributed by atoms with E-state index in [1.165, 1.54) is 6.42 Å². The van der Waals surface area contributed by atoms with E-state index in [0.29, 0.717) is 30.0 Å². The van der Waals surface area contributed by atoms with Gasteiger partial charge in [-0.15, -0.1) is 0 Å². The fraction of sp³-hybridized carbons (Fsp3) is 0.536. The number of benzene rings is 2. The fourth-order valence-corrected chi connectivity index (χ4v) is 8.46. The molecule has 2 aromatic rings. The first-order chi connectivity index (χ1) is 16.9. The van der Waals surface area contributed by atoms with Gasteiger partial charge in [-0.05, 0) is 87.1 Å². The highest BCUT2D eigenvalue weighted by Crippen LogP contribution is 2.51. The lowest BCUT2D eigenvalue weighted by Gasteiger charge is -2.37. The number of ether oxygens (including phenoxy) is 2. The number of fused-ring (bicyclic) bond motifs is 2. The third-order valence-corrected chi connectivity index (χ3v) is 10.8. The van der Waals surface area contributed by atoms with Crippen LogP contribution < -0.4 is 9.47 Å². The Morgan fingerprint density at radius 2 is 1.74 bits per heavy atom. The third-order valence-electron chi connectivity index (χ3n) is 8.55. The Hall–Kier alpha value is -2.54. The Balaban J connectivity index is 1.28. The number of sulfone groups is 1. The quantitative estimate of drug-likeness (QED) is 0.571. The number of carbonyl (C=O) groups is 1. The molecular formula is C28H33NO5S. The topological polar surface area (TPSA) is 72.9 Å². The van der Waals surface area contributed by atoms with Crippen LogP contribution in [-0.4, -0.2) is 37.3 Å². The van der Waals surface area contributed by atoms with Crippen LogP contribution in [0.5, 0.6) is 11.5 Å². The van der Waals surface area contributed by atoms with Crippen LogP contribution in [-0.2, 0) is 21.2 Å². The summed E-state index contributed by atoms with van der Waals surface area (Å²) in [6.07, 6.45) is 6.40. The predicted octanol–water partition coefficient (Wildman–Crippen LogP) is 4.88. The molecule has 3 fully saturated rings. The zero-order chi connectivity index (χ0) is 24.2. The molecule has 1 amide bonds. The molecule has 1 aliphatic heterocycles. The number of amides is 1. The minimum Gasteiger partial charge on any atom is -0.454 e. The maximum absolute atomic E-state index is 14.2. The summed E-state index contributed by atoms with van der Waals surface area (Å²) in [5.74, 6) is 2.50. The number of hydrogen-bond donors (Lipinski definition) is 0. The second-order valence-electron chi connectivity index (χ2n) is 10.8. The summed E-state index contributed by atoms with van der Waals surface area (Å²) in [5, 5.41) is -0.658. The first kappa shape index (κ1) is 22.9. The molecule has 35 heavy (non-hydrogen) atoms. The molecule has 0 saturated heterocycles. The van der Waals surface area contributed by atoms with Gasteiger partial charge in [0, 0.05) is 12.6 Å². The number of rotatable bonds is 6. The second kappa shape index (κ2) is 8.84. The van der Waals surface area contributed by atoms with E-state index in [1.54, 1.807) is 12.1 Å². The molecule has 0 N–H and O–H groups in total. The zero-order valence-electron chi connectivity index (χ0n) is 20.2. The molecule has 4 aliphatic rings. The van der Waals surface area contributed by atoms with E-state index in [0.717, 1.165) is 54.4 Å². The van der Waals surface area contributed by atoms with Gasteiger partial charge in [0.05, 0.1) is 16.1 Å². The van der Waals surface area contributed by atoms with Crippen LogP contribution in [0.25, 0.3) is 0 Å². The summed E-state index contributed by atoms with van der Waals surface area (Å²) in [4.78, 5) is 16.5. The minimum absolute atomic E-state index is 0.00459. The first-order valence-electron chi connectivity index (χ1n) is 12.9. The van der Waals surface area contributed by atoms with Crippen molar-refractivity contribution < 1.29 is 22.7 Å². The van der Waals surface area contributed by atoms with E-state index in [1.807, 2.05) is 42.2 Å². The van der Waals surface area contributed by atoms with Crippen LogP contribution in [0.2, 0.25) is 0 Å². The Morgan fingerprint density at radius 3 is 2.54 bits per heavy atom. The van der Waals surface area contributed by atoms with E-state index in [4.69, 9.17) is 9.47 Å². The predicted molar refractivity (Wildman–Crippen MR) is 132 cm³/mol. The largest absolute Gasteiger partial charge is 0.454 e. The molecule has 5 atom stereocenters. The van der Waals surface area contributed by atoms with Crippen molar-refractivity contribution in [1.82, 2.24) is 4.90 Å². The van der Waals surface area contributed by atoms with Crippen molar-refractivity contribution in [3.63, 3.8) is 0 Å². The molecule has 1 heterocycles. The number of hydrogen-bond acceptors (Lipinski definition) is 5. The molecule has 2 aromatic carbocycles. The highest BCUT2D eigenvalue weighted by Gasteiger charge is 2.48. The Kier molecular flexibility index (Phi) is 5.78. The van der Waals surface area contributed by atoms with Gasteiger partial charge >= 0.3 is 0 Å². The van der Waals surface area contributed by atoms with E-state index in [9.17, 15) is 13.2 Å². The maximum Gasteiger partial charge on any atom is 0.231 e. The molecule has 186 valence electrons. The monoisotopic (exact) mass is 495 g/mol. The van der Waals surface area contributed by atoms with E-state index < -0.39 is 21.0 Å². The lowest BCUT2D eigenvalue weighted by Crippen LogP contribution is -2.47. The van der Waals surface area contributed by atoms with Gasteiger partial charge < -0.3 is 14.4 Å². The average Bonchev–Trinajstić information content (AvgIpc) is 3.22. The van der Waals surface area contributed by atoms with Gasteiger partial charge in [-0.2, -0.15) is 0 Å². The van der Waals surface area contributed by atoms with Gasteiger partial charge in [-0.1, -0.05) is 30.2 Å². The minimum atomic E-state index is -3.58. The van der Waals surface area contributed by atoms with Crippen molar-refractivity contribution in [1.29, 1.82) is 0 Å². The maximum atomic E-state index is 14.2. The molecule has 0 bridgehead atoms. The molecule has 6 rings (SSSR count). The first-order valence-corrected chi connectivity index (χ1v) is 14.4. The highest BCUT2D eigenvalue weighted by atomic mass is 32.2. The standard InChI is InChI=1S/C28H33NO5S/c1-18-5-10-23(11-6-18)35(31,32)27-4-2-3-24(27)28(30)29(22-9-8-20-14-21(20)15-22)16-19-7-12-25-26(13-19)34-17-33-25/h5-7,10-13,20-22,24,27H,2-4,8-9,14-17H2,1H3/t20?,21?,22?,24-,27-/m1/s1. The summed E-state index contributed by atoms with van der Waals surface area (Å²) >= 11 is 0. The van der Waals surface area contributed by atoms with Crippen LogP contribution in [0.3, 0.4) is 0 Å². The summed E-state index contributed by atoms with van der Waals surface area (Å²) in [6.45, 7) is 2.64. The summed E-state index contributed by atoms with van der Waals surface area (Å²) in [6, 6.07) is 13.1. The number of aryl methyl sites for hydroxylation is 1. The Labute approximate surface area is 207 Å². The van der Waals surface area contributed by atoms with Crippen molar-refractivity contribution in [2.24, 2.45) is 17.8 Å². The average molecular weight is 496 g/mol. The van der Waals surface area contributed by atoms with Gasteiger partial charge in [0.15, 0.2) is 21.3 Å². The van der Waals surface area contributed by atoms with Crippen LogP contribution in [0.15, 0.2) is 47.4 Å². The number of carbonyl (C=O) groups excluding carboxylic acids is 1. The SMILES string of the molecule is Cc1ccc(S(=O)(=O)[C@@H]2CCC[C@H]2C(=O)N(Cc2ccc3c(c2)OCO3)C2CCC3CC3C2)cc1. The summed E-state index contributed by atoms with van der Waals surface area (Å²) < 4.78 is 38.2. The van der Waals surface area contributed by atoms with Crippen molar-refractivity contribution in [2.75, 3.05) is 6.79 Å².